The second-order valence-corrected chi connectivity index (χ2v) is 5.80. The number of ether oxygens (including phenoxy) is 1. The van der Waals surface area contributed by atoms with Crippen LogP contribution in [0.1, 0.15) is 28.3 Å². The van der Waals surface area contributed by atoms with Crippen LogP contribution in [-0.4, -0.2) is 36.7 Å². The summed E-state index contributed by atoms with van der Waals surface area (Å²) >= 11 is 1.87. The average Bonchev–Trinajstić information content (AvgIpc) is 2.94. The molecule has 1 aromatic rings. The number of thioether (sulfide) groups is 1. The van der Waals surface area contributed by atoms with E-state index < -0.39 is 0 Å². The molecule has 0 bridgehead atoms. The molecule has 4 nitrogen and oxygen atoms in total. The monoisotopic (exact) mass is 269 g/mol. The minimum Gasteiger partial charge on any atom is -0.466 e. The summed E-state index contributed by atoms with van der Waals surface area (Å²) in [6.45, 7) is 4.20. The van der Waals surface area contributed by atoms with Crippen molar-refractivity contribution in [3.8, 4) is 0 Å². The van der Waals surface area contributed by atoms with Gasteiger partial charge in [-0.05, 0) is 32.1 Å². The van der Waals surface area contributed by atoms with Gasteiger partial charge < -0.3 is 14.5 Å². The highest BCUT2D eigenvalue weighted by Gasteiger charge is 2.34. The van der Waals surface area contributed by atoms with E-state index in [4.69, 9.17) is 9.15 Å². The molecule has 1 amide bonds. The number of hydrogen-bond acceptors (Lipinski definition) is 4. The van der Waals surface area contributed by atoms with Gasteiger partial charge in [0.1, 0.15) is 11.5 Å². The van der Waals surface area contributed by atoms with E-state index in [1.165, 1.54) is 0 Å². The molecular weight excluding hydrogens is 250 g/mol. The van der Waals surface area contributed by atoms with Crippen LogP contribution >= 0.6 is 11.8 Å². The lowest BCUT2D eigenvalue weighted by Crippen LogP contribution is -2.44. The molecule has 1 atom stereocenters. The lowest BCUT2D eigenvalue weighted by molar-refractivity contribution is 0.0137. The summed E-state index contributed by atoms with van der Waals surface area (Å²) in [5, 5.41) is 2.95. The summed E-state index contributed by atoms with van der Waals surface area (Å²) in [5.74, 6) is 3.37. The molecule has 1 aliphatic heterocycles. The predicted octanol–water partition coefficient (Wildman–Crippen LogP) is 2.15. The summed E-state index contributed by atoms with van der Waals surface area (Å²) in [6.07, 6.45) is 0.984. The van der Waals surface area contributed by atoms with Crippen molar-refractivity contribution >= 4 is 17.7 Å². The van der Waals surface area contributed by atoms with Crippen molar-refractivity contribution in [1.82, 2.24) is 5.32 Å². The Morgan fingerprint density at radius 1 is 1.61 bits per heavy atom. The van der Waals surface area contributed by atoms with Crippen molar-refractivity contribution in [3.63, 3.8) is 0 Å². The molecule has 1 N–H and O–H groups in total. The highest BCUT2D eigenvalue weighted by molar-refractivity contribution is 7.99. The quantitative estimate of drug-likeness (QED) is 0.910. The van der Waals surface area contributed by atoms with Gasteiger partial charge in [0.25, 0.3) is 5.91 Å². The Balaban J connectivity index is 1.98. The SMILES string of the molecule is CO[C@@]1(CNC(=O)c2cc(C)oc2C)CCSC1. The number of hydrogen-bond donors (Lipinski definition) is 1. The van der Waals surface area contributed by atoms with E-state index >= 15 is 0 Å². The first-order chi connectivity index (χ1) is 8.56. The highest BCUT2D eigenvalue weighted by atomic mass is 32.2. The van der Waals surface area contributed by atoms with Gasteiger partial charge in [-0.2, -0.15) is 11.8 Å². The number of carbonyl (C=O) groups excluding carboxylic acids is 1. The molecule has 0 saturated carbocycles. The lowest BCUT2D eigenvalue weighted by atomic mass is 10.0. The van der Waals surface area contributed by atoms with E-state index in [1.807, 2.05) is 18.7 Å². The van der Waals surface area contributed by atoms with Gasteiger partial charge in [0.05, 0.1) is 11.2 Å². The first-order valence-electron chi connectivity index (χ1n) is 6.04. The molecule has 1 fully saturated rings. The van der Waals surface area contributed by atoms with E-state index in [0.29, 0.717) is 17.9 Å². The second-order valence-electron chi connectivity index (χ2n) is 4.70. The third-order valence-corrected chi connectivity index (χ3v) is 4.58. The molecule has 0 aliphatic carbocycles. The maximum absolute atomic E-state index is 12.1. The Bertz CT molecular complexity index is 435. The number of aryl methyl sites for hydroxylation is 2. The fourth-order valence-corrected chi connectivity index (χ4v) is 3.55. The zero-order chi connectivity index (χ0) is 13.2. The van der Waals surface area contributed by atoms with Gasteiger partial charge in [0.15, 0.2) is 0 Å². The first-order valence-corrected chi connectivity index (χ1v) is 7.20. The van der Waals surface area contributed by atoms with E-state index in [0.717, 1.165) is 23.7 Å². The number of carbonyl (C=O) groups is 1. The Morgan fingerprint density at radius 3 is 2.89 bits per heavy atom. The fraction of sp³-hybridized carbons (Fsp3) is 0.615. The van der Waals surface area contributed by atoms with Gasteiger partial charge >= 0.3 is 0 Å². The van der Waals surface area contributed by atoms with Gasteiger partial charge in [-0.1, -0.05) is 0 Å². The summed E-state index contributed by atoms with van der Waals surface area (Å²) in [5.41, 5.74) is 0.414. The molecule has 1 aromatic heterocycles. The molecule has 1 saturated heterocycles. The molecule has 18 heavy (non-hydrogen) atoms. The zero-order valence-electron chi connectivity index (χ0n) is 11.0. The van der Waals surface area contributed by atoms with E-state index in [-0.39, 0.29) is 11.5 Å². The Morgan fingerprint density at radius 2 is 2.39 bits per heavy atom. The Hall–Kier alpha value is -0.940. The smallest absolute Gasteiger partial charge is 0.254 e. The van der Waals surface area contributed by atoms with Gasteiger partial charge in [-0.3, -0.25) is 4.79 Å². The van der Waals surface area contributed by atoms with Crippen LogP contribution in [-0.2, 0) is 4.74 Å². The van der Waals surface area contributed by atoms with Crippen molar-refractivity contribution in [2.45, 2.75) is 25.9 Å². The number of nitrogens with one attached hydrogen (secondary N) is 1. The summed E-state index contributed by atoms with van der Waals surface area (Å²) in [4.78, 5) is 12.1. The van der Waals surface area contributed by atoms with E-state index in [1.54, 1.807) is 20.1 Å². The molecule has 100 valence electrons. The summed E-state index contributed by atoms with van der Waals surface area (Å²) in [7, 11) is 1.71. The molecule has 0 spiro atoms. The third kappa shape index (κ3) is 2.72. The fourth-order valence-electron chi connectivity index (χ4n) is 2.15. The molecule has 0 aromatic carbocycles. The average molecular weight is 269 g/mol. The maximum atomic E-state index is 12.1. The van der Waals surface area contributed by atoms with Crippen LogP contribution < -0.4 is 5.32 Å². The van der Waals surface area contributed by atoms with Crippen molar-refractivity contribution in [2.75, 3.05) is 25.2 Å². The molecule has 0 radical (unpaired) electrons. The van der Waals surface area contributed by atoms with Gasteiger partial charge in [-0.25, -0.2) is 0 Å². The Labute approximate surface area is 111 Å². The zero-order valence-corrected chi connectivity index (χ0v) is 11.9. The standard InChI is InChI=1S/C13H19NO3S/c1-9-6-11(10(2)17-9)12(15)14-7-13(16-3)4-5-18-8-13/h6H,4-5,7-8H2,1-3H3,(H,14,15)/t13-/m1/s1. The van der Waals surface area contributed by atoms with Gasteiger partial charge in [0, 0.05) is 19.4 Å². The van der Waals surface area contributed by atoms with Crippen molar-refractivity contribution in [3.05, 3.63) is 23.2 Å². The van der Waals surface area contributed by atoms with E-state index in [9.17, 15) is 4.79 Å². The van der Waals surface area contributed by atoms with Gasteiger partial charge in [-0.15, -0.1) is 0 Å². The predicted molar refractivity (Wildman–Crippen MR) is 72.2 cm³/mol. The summed E-state index contributed by atoms with van der Waals surface area (Å²) < 4.78 is 10.9. The van der Waals surface area contributed by atoms with Crippen LogP contribution in [0, 0.1) is 13.8 Å². The molecule has 5 heteroatoms. The molecule has 2 heterocycles. The van der Waals surface area contributed by atoms with Crippen molar-refractivity contribution in [2.24, 2.45) is 0 Å². The topological polar surface area (TPSA) is 51.5 Å². The molecule has 2 rings (SSSR count). The summed E-state index contributed by atoms with van der Waals surface area (Å²) in [6, 6.07) is 1.77. The van der Waals surface area contributed by atoms with Crippen LogP contribution in [0.25, 0.3) is 0 Å². The van der Waals surface area contributed by atoms with Crippen molar-refractivity contribution < 1.29 is 13.9 Å². The molecular formula is C13H19NO3S. The number of rotatable bonds is 4. The van der Waals surface area contributed by atoms with E-state index in [2.05, 4.69) is 5.32 Å². The number of furan rings is 1. The Kier molecular flexibility index (Phi) is 4.02. The van der Waals surface area contributed by atoms with Crippen LogP contribution in [0.5, 0.6) is 0 Å². The largest absolute Gasteiger partial charge is 0.466 e. The highest BCUT2D eigenvalue weighted by Crippen LogP contribution is 2.30. The lowest BCUT2D eigenvalue weighted by Gasteiger charge is -2.26. The second kappa shape index (κ2) is 5.36. The first kappa shape index (κ1) is 13.5. The van der Waals surface area contributed by atoms with Crippen molar-refractivity contribution in [1.29, 1.82) is 0 Å². The van der Waals surface area contributed by atoms with Crippen LogP contribution in [0.3, 0.4) is 0 Å². The number of amides is 1. The van der Waals surface area contributed by atoms with Crippen LogP contribution in [0.15, 0.2) is 10.5 Å². The minimum atomic E-state index is -0.201. The molecule has 1 aliphatic rings. The third-order valence-electron chi connectivity index (χ3n) is 3.36. The molecule has 0 unspecified atom stereocenters. The normalized spacial score (nSPS) is 23.3. The van der Waals surface area contributed by atoms with Gasteiger partial charge in [0.2, 0.25) is 0 Å². The maximum Gasteiger partial charge on any atom is 0.254 e. The minimum absolute atomic E-state index is 0.0855. The van der Waals surface area contributed by atoms with Crippen LogP contribution in [0.4, 0.5) is 0 Å². The van der Waals surface area contributed by atoms with Crippen LogP contribution in [0.2, 0.25) is 0 Å². The number of methoxy groups -OCH3 is 1.